The molecule has 0 unspecified atom stereocenters. The number of hydrogen-bond donors (Lipinski definition) is 2. The zero-order valence-corrected chi connectivity index (χ0v) is 7.51. The second kappa shape index (κ2) is 3.90. The van der Waals surface area contributed by atoms with Gasteiger partial charge < -0.3 is 10.8 Å². The molecule has 15 heavy (non-hydrogen) atoms. The molecule has 1 aromatic carbocycles. The lowest BCUT2D eigenvalue weighted by atomic mass is 10.0. The van der Waals surface area contributed by atoms with Crippen LogP contribution in [-0.2, 0) is 12.8 Å². The summed E-state index contributed by atoms with van der Waals surface area (Å²) in [6, 6.07) is 3.08. The van der Waals surface area contributed by atoms with E-state index in [-0.39, 0.29) is 5.56 Å². The Morgan fingerprint density at radius 3 is 2.40 bits per heavy atom. The first-order valence-corrected chi connectivity index (χ1v) is 3.97. The number of nitrogens with two attached hydrogens (primary N) is 1. The van der Waals surface area contributed by atoms with Gasteiger partial charge in [-0.1, -0.05) is 12.1 Å². The van der Waals surface area contributed by atoms with Crippen LogP contribution in [0.5, 0.6) is 0 Å². The molecule has 0 fully saturated rings. The normalized spacial score (nSPS) is 11.5. The molecule has 0 saturated carbocycles. The van der Waals surface area contributed by atoms with E-state index in [0.29, 0.717) is 0 Å². The maximum atomic E-state index is 12.4. The number of aliphatic hydroxyl groups is 1. The van der Waals surface area contributed by atoms with Crippen LogP contribution in [0.1, 0.15) is 21.5 Å². The van der Waals surface area contributed by atoms with Gasteiger partial charge in [0.1, 0.15) is 0 Å². The fourth-order valence-electron chi connectivity index (χ4n) is 1.26. The average molecular weight is 219 g/mol. The van der Waals surface area contributed by atoms with E-state index in [2.05, 4.69) is 0 Å². The number of halogens is 3. The van der Waals surface area contributed by atoms with Crippen LogP contribution >= 0.6 is 0 Å². The highest BCUT2D eigenvalue weighted by molar-refractivity contribution is 5.96. The van der Waals surface area contributed by atoms with Crippen LogP contribution in [0.4, 0.5) is 13.2 Å². The number of alkyl halides is 3. The van der Waals surface area contributed by atoms with Gasteiger partial charge in [0.05, 0.1) is 17.7 Å². The molecule has 0 bridgehead atoms. The first-order valence-electron chi connectivity index (χ1n) is 3.97. The number of primary amides is 1. The van der Waals surface area contributed by atoms with Crippen LogP contribution in [0.2, 0.25) is 0 Å². The molecule has 0 atom stereocenters. The summed E-state index contributed by atoms with van der Waals surface area (Å²) in [5, 5.41) is 8.78. The van der Waals surface area contributed by atoms with Gasteiger partial charge in [-0.3, -0.25) is 4.79 Å². The maximum Gasteiger partial charge on any atom is 0.417 e. The highest BCUT2D eigenvalue weighted by Gasteiger charge is 2.35. The van der Waals surface area contributed by atoms with Gasteiger partial charge in [-0.15, -0.1) is 0 Å². The van der Waals surface area contributed by atoms with Crippen LogP contribution in [0.3, 0.4) is 0 Å². The Morgan fingerprint density at radius 1 is 1.40 bits per heavy atom. The number of rotatable bonds is 2. The fourth-order valence-corrected chi connectivity index (χ4v) is 1.26. The smallest absolute Gasteiger partial charge is 0.392 e. The SMILES string of the molecule is NC(=O)c1c(CO)cccc1C(F)(F)F. The van der Waals surface area contributed by atoms with E-state index >= 15 is 0 Å². The average Bonchev–Trinajstić information content (AvgIpc) is 2.15. The molecular weight excluding hydrogens is 211 g/mol. The minimum atomic E-state index is -4.66. The second-order valence-electron chi connectivity index (χ2n) is 2.86. The van der Waals surface area contributed by atoms with Crippen molar-refractivity contribution >= 4 is 5.91 Å². The number of amides is 1. The highest BCUT2D eigenvalue weighted by atomic mass is 19.4. The Labute approximate surface area is 83.3 Å². The molecule has 0 aliphatic rings. The van der Waals surface area contributed by atoms with Gasteiger partial charge in [0.2, 0.25) is 5.91 Å². The van der Waals surface area contributed by atoms with E-state index in [9.17, 15) is 18.0 Å². The largest absolute Gasteiger partial charge is 0.417 e. The van der Waals surface area contributed by atoms with E-state index in [1.54, 1.807) is 0 Å². The summed E-state index contributed by atoms with van der Waals surface area (Å²) in [7, 11) is 0. The van der Waals surface area contributed by atoms with Crippen molar-refractivity contribution in [2.75, 3.05) is 0 Å². The quantitative estimate of drug-likeness (QED) is 0.787. The monoisotopic (exact) mass is 219 g/mol. The van der Waals surface area contributed by atoms with Crippen LogP contribution in [0.15, 0.2) is 18.2 Å². The Hall–Kier alpha value is -1.56. The summed E-state index contributed by atoms with van der Waals surface area (Å²) in [4.78, 5) is 10.9. The van der Waals surface area contributed by atoms with Crippen molar-refractivity contribution in [1.29, 1.82) is 0 Å². The standard InChI is InChI=1S/C9H8F3NO2/c10-9(11,12)6-3-1-2-5(4-14)7(6)8(13)15/h1-3,14H,4H2,(H2,13,15). The van der Waals surface area contributed by atoms with Crippen molar-refractivity contribution in [1.82, 2.24) is 0 Å². The molecule has 3 nitrogen and oxygen atoms in total. The third-order valence-electron chi connectivity index (χ3n) is 1.87. The van der Waals surface area contributed by atoms with Crippen LogP contribution in [-0.4, -0.2) is 11.0 Å². The Balaban J connectivity index is 3.46. The third kappa shape index (κ3) is 2.27. The summed E-state index contributed by atoms with van der Waals surface area (Å²) < 4.78 is 37.3. The first-order chi connectivity index (χ1) is 6.88. The maximum absolute atomic E-state index is 12.4. The predicted molar refractivity (Wildman–Crippen MR) is 45.9 cm³/mol. The topological polar surface area (TPSA) is 63.3 Å². The van der Waals surface area contributed by atoms with Gasteiger partial charge in [-0.2, -0.15) is 13.2 Å². The number of hydrogen-bond acceptors (Lipinski definition) is 2. The summed E-state index contributed by atoms with van der Waals surface area (Å²) >= 11 is 0. The van der Waals surface area contributed by atoms with Crippen molar-refractivity contribution in [3.63, 3.8) is 0 Å². The Kier molecular flexibility index (Phi) is 2.99. The molecule has 82 valence electrons. The van der Waals surface area contributed by atoms with E-state index in [0.717, 1.165) is 12.1 Å². The van der Waals surface area contributed by atoms with E-state index in [1.807, 2.05) is 0 Å². The van der Waals surface area contributed by atoms with E-state index < -0.39 is 29.8 Å². The molecule has 0 aliphatic heterocycles. The lowest BCUT2D eigenvalue weighted by molar-refractivity contribution is -0.138. The molecule has 6 heteroatoms. The molecule has 0 saturated heterocycles. The summed E-state index contributed by atoms with van der Waals surface area (Å²) in [6.07, 6.45) is -4.66. The van der Waals surface area contributed by atoms with Crippen LogP contribution in [0.25, 0.3) is 0 Å². The molecule has 1 aromatic rings. The zero-order chi connectivity index (χ0) is 11.6. The Bertz CT molecular complexity index is 387. The number of carbonyl (C=O) groups is 1. The Morgan fingerprint density at radius 2 is 2.00 bits per heavy atom. The molecule has 1 rings (SSSR count). The van der Waals surface area contributed by atoms with Gasteiger partial charge in [0.15, 0.2) is 0 Å². The van der Waals surface area contributed by atoms with Crippen molar-refractivity contribution in [3.05, 3.63) is 34.9 Å². The predicted octanol–water partition coefficient (Wildman–Crippen LogP) is 1.30. The van der Waals surface area contributed by atoms with Gasteiger partial charge >= 0.3 is 6.18 Å². The molecule has 0 aromatic heterocycles. The van der Waals surface area contributed by atoms with Crippen molar-refractivity contribution in [2.45, 2.75) is 12.8 Å². The molecule has 1 amide bonds. The minimum Gasteiger partial charge on any atom is -0.392 e. The molecule has 0 aliphatic carbocycles. The summed E-state index contributed by atoms with van der Waals surface area (Å²) in [6.45, 7) is -0.664. The molecule has 0 radical (unpaired) electrons. The van der Waals surface area contributed by atoms with E-state index in [4.69, 9.17) is 10.8 Å². The first kappa shape index (κ1) is 11.5. The lowest BCUT2D eigenvalue weighted by Gasteiger charge is -2.13. The number of aliphatic hydroxyl groups excluding tert-OH is 1. The van der Waals surface area contributed by atoms with Gasteiger partial charge in [0.25, 0.3) is 0 Å². The van der Waals surface area contributed by atoms with Gasteiger partial charge in [-0.05, 0) is 11.6 Å². The molecular formula is C9H8F3NO2. The molecule has 3 N–H and O–H groups in total. The fraction of sp³-hybridized carbons (Fsp3) is 0.222. The third-order valence-corrected chi connectivity index (χ3v) is 1.87. The van der Waals surface area contributed by atoms with Crippen LogP contribution < -0.4 is 5.73 Å². The number of benzene rings is 1. The summed E-state index contributed by atoms with van der Waals surface area (Å²) in [5.41, 5.74) is 2.91. The van der Waals surface area contributed by atoms with Crippen LogP contribution in [0, 0.1) is 0 Å². The molecule has 0 spiro atoms. The van der Waals surface area contributed by atoms with Crippen molar-refractivity contribution in [2.24, 2.45) is 5.73 Å². The van der Waals surface area contributed by atoms with E-state index in [1.165, 1.54) is 6.07 Å². The van der Waals surface area contributed by atoms with Gasteiger partial charge in [-0.25, -0.2) is 0 Å². The van der Waals surface area contributed by atoms with Crippen molar-refractivity contribution < 1.29 is 23.1 Å². The zero-order valence-electron chi connectivity index (χ0n) is 7.51. The second-order valence-corrected chi connectivity index (χ2v) is 2.86. The van der Waals surface area contributed by atoms with Crippen molar-refractivity contribution in [3.8, 4) is 0 Å². The number of carbonyl (C=O) groups excluding carboxylic acids is 1. The van der Waals surface area contributed by atoms with Gasteiger partial charge in [0, 0.05) is 0 Å². The minimum absolute atomic E-state index is 0.127. The lowest BCUT2D eigenvalue weighted by Crippen LogP contribution is -2.21. The molecule has 0 heterocycles. The highest BCUT2D eigenvalue weighted by Crippen LogP contribution is 2.33. The summed E-state index contributed by atoms with van der Waals surface area (Å²) in [5.74, 6) is -1.20.